The van der Waals surface area contributed by atoms with Crippen LogP contribution in [0.3, 0.4) is 0 Å². The molecule has 0 saturated carbocycles. The number of carbonyl (C=O) groups is 1. The predicted molar refractivity (Wildman–Crippen MR) is 89.3 cm³/mol. The Labute approximate surface area is 136 Å². The summed E-state index contributed by atoms with van der Waals surface area (Å²) in [7, 11) is 1.99. The zero-order valence-corrected chi connectivity index (χ0v) is 13.6. The van der Waals surface area contributed by atoms with E-state index in [1.165, 1.54) is 6.42 Å². The second-order valence-corrected chi connectivity index (χ2v) is 6.68. The number of aryl methyl sites for hydroxylation is 1. The van der Waals surface area contributed by atoms with Crippen LogP contribution in [-0.2, 0) is 11.8 Å². The van der Waals surface area contributed by atoms with Gasteiger partial charge in [0.05, 0.1) is 11.3 Å². The average molecular weight is 313 g/mol. The summed E-state index contributed by atoms with van der Waals surface area (Å²) in [5, 5.41) is 1.07. The molecule has 0 aromatic carbocycles. The molecule has 0 spiro atoms. The van der Waals surface area contributed by atoms with E-state index in [4.69, 9.17) is 0 Å². The summed E-state index contributed by atoms with van der Waals surface area (Å²) in [5.74, 6) is 1.41. The van der Waals surface area contributed by atoms with Gasteiger partial charge in [-0.1, -0.05) is 0 Å². The van der Waals surface area contributed by atoms with Crippen LogP contribution < -0.4 is 4.90 Å². The van der Waals surface area contributed by atoms with Gasteiger partial charge in [0.15, 0.2) is 0 Å². The molecule has 0 bridgehead atoms. The second-order valence-electron chi connectivity index (χ2n) is 6.68. The van der Waals surface area contributed by atoms with Crippen molar-refractivity contribution in [2.24, 2.45) is 13.0 Å². The van der Waals surface area contributed by atoms with Crippen LogP contribution in [0.5, 0.6) is 0 Å². The molecule has 2 fully saturated rings. The molecule has 4 rings (SSSR count). The lowest BCUT2D eigenvalue weighted by atomic mass is 10.0. The lowest BCUT2D eigenvalue weighted by molar-refractivity contribution is -0.135. The number of aromatic nitrogens is 3. The van der Waals surface area contributed by atoms with Crippen molar-refractivity contribution in [1.29, 1.82) is 0 Å². The minimum absolute atomic E-state index is 0.113. The van der Waals surface area contributed by atoms with Crippen molar-refractivity contribution in [3.8, 4) is 0 Å². The zero-order valence-electron chi connectivity index (χ0n) is 13.6. The summed E-state index contributed by atoms with van der Waals surface area (Å²) in [4.78, 5) is 25.9. The molecule has 6 nitrogen and oxygen atoms in total. The Hall–Kier alpha value is -2.11. The van der Waals surface area contributed by atoms with E-state index in [1.54, 1.807) is 6.33 Å². The fraction of sp³-hybridized carbons (Fsp3) is 0.588. The smallest absolute Gasteiger partial charge is 0.227 e. The van der Waals surface area contributed by atoms with Gasteiger partial charge in [-0.25, -0.2) is 9.97 Å². The van der Waals surface area contributed by atoms with Gasteiger partial charge in [-0.3, -0.25) is 4.79 Å². The zero-order chi connectivity index (χ0) is 15.8. The third kappa shape index (κ3) is 2.56. The maximum absolute atomic E-state index is 12.7. The molecule has 2 saturated heterocycles. The maximum atomic E-state index is 12.7. The molecule has 0 N–H and O–H groups in total. The van der Waals surface area contributed by atoms with Crippen LogP contribution in [0.1, 0.15) is 25.7 Å². The second kappa shape index (κ2) is 5.83. The summed E-state index contributed by atoms with van der Waals surface area (Å²) < 4.78 is 2.01. The summed E-state index contributed by atoms with van der Waals surface area (Å²) in [6.07, 6.45) is 8.12. The van der Waals surface area contributed by atoms with Gasteiger partial charge in [0, 0.05) is 39.4 Å². The number of likely N-dealkylation sites (tertiary alicyclic amines) is 1. The lowest BCUT2D eigenvalue weighted by Crippen LogP contribution is -2.40. The van der Waals surface area contributed by atoms with Crippen LogP contribution in [0, 0.1) is 5.92 Å². The van der Waals surface area contributed by atoms with Gasteiger partial charge in [0.2, 0.25) is 5.91 Å². The van der Waals surface area contributed by atoms with Gasteiger partial charge in [0.1, 0.15) is 17.8 Å². The highest BCUT2D eigenvalue weighted by atomic mass is 16.2. The van der Waals surface area contributed by atoms with Crippen molar-refractivity contribution in [3.05, 3.63) is 18.6 Å². The average Bonchev–Trinajstić information content (AvgIpc) is 3.22. The lowest BCUT2D eigenvalue weighted by Gasteiger charge is -2.29. The molecule has 23 heavy (non-hydrogen) atoms. The highest BCUT2D eigenvalue weighted by Gasteiger charge is 2.33. The molecule has 0 radical (unpaired) electrons. The number of nitrogens with zero attached hydrogens (tertiary/aromatic N) is 5. The first-order valence-corrected chi connectivity index (χ1v) is 8.54. The van der Waals surface area contributed by atoms with Gasteiger partial charge in [-0.05, 0) is 31.7 Å². The minimum atomic E-state index is 0.113. The van der Waals surface area contributed by atoms with Crippen LogP contribution in [-0.4, -0.2) is 51.5 Å². The Morgan fingerprint density at radius 2 is 2.00 bits per heavy atom. The number of fused-ring (bicyclic) bond motifs is 1. The first kappa shape index (κ1) is 14.5. The maximum Gasteiger partial charge on any atom is 0.227 e. The predicted octanol–water partition coefficient (Wildman–Crippen LogP) is 1.81. The summed E-state index contributed by atoms with van der Waals surface area (Å²) in [6, 6.07) is 2.06. The van der Waals surface area contributed by atoms with E-state index < -0.39 is 0 Å². The molecular formula is C17H23N5O. The molecule has 1 atom stereocenters. The SMILES string of the molecule is Cn1ccc2c(N3CCC(C(=O)N4CCCCC4)C3)ncnc21. The highest BCUT2D eigenvalue weighted by Crippen LogP contribution is 2.29. The molecule has 1 amide bonds. The molecule has 122 valence electrons. The molecule has 2 aromatic rings. The molecule has 4 heterocycles. The number of hydrogen-bond donors (Lipinski definition) is 0. The molecule has 2 aliphatic rings. The third-order valence-corrected chi connectivity index (χ3v) is 5.15. The standard InChI is InChI=1S/C17H23N5O/c1-20-9-6-14-15(20)18-12-19-16(14)22-10-5-13(11-22)17(23)21-7-3-2-4-8-21/h6,9,12-13H,2-5,7-8,10-11H2,1H3. The molecular weight excluding hydrogens is 290 g/mol. The van der Waals surface area contributed by atoms with Crippen molar-refractivity contribution in [3.63, 3.8) is 0 Å². The Balaban J connectivity index is 1.52. The van der Waals surface area contributed by atoms with Crippen LogP contribution in [0.25, 0.3) is 11.0 Å². The highest BCUT2D eigenvalue weighted by molar-refractivity contribution is 5.88. The van der Waals surface area contributed by atoms with Crippen LogP contribution in [0.15, 0.2) is 18.6 Å². The topological polar surface area (TPSA) is 54.3 Å². The number of piperidine rings is 1. The van der Waals surface area contributed by atoms with Crippen LogP contribution in [0.4, 0.5) is 5.82 Å². The van der Waals surface area contributed by atoms with Crippen molar-refractivity contribution in [2.45, 2.75) is 25.7 Å². The Morgan fingerprint density at radius 1 is 1.17 bits per heavy atom. The van der Waals surface area contributed by atoms with Gasteiger partial charge < -0.3 is 14.4 Å². The van der Waals surface area contributed by atoms with Gasteiger partial charge in [0.25, 0.3) is 0 Å². The summed E-state index contributed by atoms with van der Waals surface area (Å²) in [5.41, 5.74) is 0.945. The quantitative estimate of drug-likeness (QED) is 0.848. The van der Waals surface area contributed by atoms with Crippen LogP contribution in [0.2, 0.25) is 0 Å². The Morgan fingerprint density at radius 3 is 2.83 bits per heavy atom. The number of anilines is 1. The van der Waals surface area contributed by atoms with Gasteiger partial charge in [-0.2, -0.15) is 0 Å². The summed E-state index contributed by atoms with van der Waals surface area (Å²) >= 11 is 0. The largest absolute Gasteiger partial charge is 0.355 e. The monoisotopic (exact) mass is 313 g/mol. The van der Waals surface area contributed by atoms with Crippen molar-refractivity contribution in [2.75, 3.05) is 31.1 Å². The van der Waals surface area contributed by atoms with Gasteiger partial charge >= 0.3 is 0 Å². The van der Waals surface area contributed by atoms with Gasteiger partial charge in [-0.15, -0.1) is 0 Å². The van der Waals surface area contributed by atoms with E-state index >= 15 is 0 Å². The van der Waals surface area contributed by atoms with E-state index in [9.17, 15) is 4.79 Å². The van der Waals surface area contributed by atoms with Crippen molar-refractivity contribution < 1.29 is 4.79 Å². The fourth-order valence-corrected chi connectivity index (χ4v) is 3.84. The minimum Gasteiger partial charge on any atom is -0.355 e. The summed E-state index contributed by atoms with van der Waals surface area (Å²) in [6.45, 7) is 3.54. The molecule has 6 heteroatoms. The molecule has 1 unspecified atom stereocenters. The number of hydrogen-bond acceptors (Lipinski definition) is 4. The van der Waals surface area contributed by atoms with Crippen molar-refractivity contribution in [1.82, 2.24) is 19.4 Å². The first-order chi connectivity index (χ1) is 11.2. The van der Waals surface area contributed by atoms with Crippen molar-refractivity contribution >= 4 is 22.8 Å². The van der Waals surface area contributed by atoms with E-state index in [0.29, 0.717) is 5.91 Å². The Kier molecular flexibility index (Phi) is 3.67. The van der Waals surface area contributed by atoms with E-state index in [1.807, 2.05) is 17.8 Å². The normalized spacial score (nSPS) is 22.0. The fourth-order valence-electron chi connectivity index (χ4n) is 3.84. The molecule has 0 aliphatic carbocycles. The van der Waals surface area contributed by atoms with Crippen LogP contribution >= 0.6 is 0 Å². The van der Waals surface area contributed by atoms with E-state index in [2.05, 4.69) is 25.8 Å². The number of rotatable bonds is 2. The molecule has 2 aromatic heterocycles. The van der Waals surface area contributed by atoms with E-state index in [-0.39, 0.29) is 5.92 Å². The first-order valence-electron chi connectivity index (χ1n) is 8.54. The molecule has 2 aliphatic heterocycles. The van der Waals surface area contributed by atoms with E-state index in [0.717, 1.165) is 62.3 Å². The Bertz CT molecular complexity index is 719. The number of carbonyl (C=O) groups excluding carboxylic acids is 1. The number of amides is 1. The third-order valence-electron chi connectivity index (χ3n) is 5.15.